The summed E-state index contributed by atoms with van der Waals surface area (Å²) in [5.74, 6) is -0.00754. The van der Waals surface area contributed by atoms with Crippen molar-refractivity contribution in [2.45, 2.75) is 46.5 Å². The second-order valence-electron chi connectivity index (χ2n) is 8.46. The Kier molecular flexibility index (Phi) is 7.51. The first-order chi connectivity index (χ1) is 13.5. The molecule has 0 aromatic heterocycles. The van der Waals surface area contributed by atoms with Crippen molar-refractivity contribution in [2.24, 2.45) is 5.92 Å². The zero-order chi connectivity index (χ0) is 21.6. The number of benzene rings is 2. The quantitative estimate of drug-likeness (QED) is 0.599. The molecule has 0 atom stereocenters. The maximum absolute atomic E-state index is 12.5. The molecule has 0 aliphatic rings. The van der Waals surface area contributed by atoms with Gasteiger partial charge >= 0.3 is 0 Å². The molecule has 0 aliphatic heterocycles. The van der Waals surface area contributed by atoms with Crippen molar-refractivity contribution in [3.8, 4) is 0 Å². The van der Waals surface area contributed by atoms with Gasteiger partial charge in [-0.15, -0.1) is 0 Å². The molecule has 0 saturated heterocycles. The number of amides is 2. The second kappa shape index (κ2) is 9.65. The van der Waals surface area contributed by atoms with Crippen molar-refractivity contribution in [2.75, 3.05) is 10.6 Å². The SMILES string of the molecule is CC(C)CC(=O)NC(=S)Nc1ccc(NC(=O)c2ccc(C(C)(C)C)cc2)cc1. The van der Waals surface area contributed by atoms with Crippen molar-refractivity contribution in [1.82, 2.24) is 5.32 Å². The van der Waals surface area contributed by atoms with Crippen LogP contribution in [0.3, 0.4) is 0 Å². The molecule has 0 saturated carbocycles. The topological polar surface area (TPSA) is 70.2 Å². The van der Waals surface area contributed by atoms with Crippen LogP contribution in [-0.4, -0.2) is 16.9 Å². The average molecular weight is 412 g/mol. The predicted octanol–water partition coefficient (Wildman–Crippen LogP) is 5.10. The number of carbonyl (C=O) groups is 2. The molecule has 2 aromatic carbocycles. The van der Waals surface area contributed by atoms with Crippen LogP contribution in [0.15, 0.2) is 48.5 Å². The van der Waals surface area contributed by atoms with Crippen molar-refractivity contribution < 1.29 is 9.59 Å². The Bertz CT molecular complexity index is 866. The van der Waals surface area contributed by atoms with Crippen LogP contribution in [0.1, 0.15) is 57.0 Å². The van der Waals surface area contributed by atoms with Gasteiger partial charge in [0.05, 0.1) is 0 Å². The standard InChI is InChI=1S/C23H29N3O2S/c1-15(2)14-20(27)26-22(29)25-19-12-10-18(11-13-19)24-21(28)16-6-8-17(9-7-16)23(3,4)5/h6-13,15H,14H2,1-5H3,(H,24,28)(H2,25,26,27,29). The molecule has 0 fully saturated rings. The molecule has 6 heteroatoms. The fraction of sp³-hybridized carbons (Fsp3) is 0.348. The van der Waals surface area contributed by atoms with Gasteiger partial charge in [-0.3, -0.25) is 9.59 Å². The molecule has 0 bridgehead atoms. The molecular formula is C23H29N3O2S. The fourth-order valence-corrected chi connectivity index (χ4v) is 2.90. The lowest BCUT2D eigenvalue weighted by Gasteiger charge is -2.19. The highest BCUT2D eigenvalue weighted by molar-refractivity contribution is 7.80. The van der Waals surface area contributed by atoms with E-state index in [2.05, 4.69) is 36.7 Å². The van der Waals surface area contributed by atoms with Crippen LogP contribution in [0.4, 0.5) is 11.4 Å². The van der Waals surface area contributed by atoms with E-state index in [1.54, 1.807) is 24.3 Å². The summed E-state index contributed by atoms with van der Waals surface area (Å²) in [6.07, 6.45) is 0.420. The minimum Gasteiger partial charge on any atom is -0.332 e. The Morgan fingerprint density at radius 3 is 1.90 bits per heavy atom. The lowest BCUT2D eigenvalue weighted by Crippen LogP contribution is -2.34. The minimum absolute atomic E-state index is 0.0483. The summed E-state index contributed by atoms with van der Waals surface area (Å²) < 4.78 is 0. The molecular weight excluding hydrogens is 382 g/mol. The second-order valence-corrected chi connectivity index (χ2v) is 8.87. The lowest BCUT2D eigenvalue weighted by molar-refractivity contribution is -0.120. The summed E-state index contributed by atoms with van der Waals surface area (Å²) in [7, 11) is 0. The van der Waals surface area contributed by atoms with Crippen LogP contribution in [0.5, 0.6) is 0 Å². The Balaban J connectivity index is 1.92. The third-order valence-corrected chi connectivity index (χ3v) is 4.46. The summed E-state index contributed by atoms with van der Waals surface area (Å²) in [6, 6.07) is 14.8. The van der Waals surface area contributed by atoms with Gasteiger partial charge in [0.25, 0.3) is 5.91 Å². The van der Waals surface area contributed by atoms with Crippen molar-refractivity contribution in [1.29, 1.82) is 0 Å². The average Bonchev–Trinajstić information content (AvgIpc) is 2.61. The van der Waals surface area contributed by atoms with Crippen molar-refractivity contribution >= 4 is 40.5 Å². The van der Waals surface area contributed by atoms with Crippen LogP contribution in [0, 0.1) is 5.92 Å². The van der Waals surface area contributed by atoms with Gasteiger partial charge in [0.1, 0.15) is 0 Å². The Morgan fingerprint density at radius 2 is 1.41 bits per heavy atom. The monoisotopic (exact) mass is 411 g/mol. The first kappa shape index (κ1) is 22.6. The third kappa shape index (κ3) is 7.31. The van der Waals surface area contributed by atoms with Crippen molar-refractivity contribution in [3.63, 3.8) is 0 Å². The first-order valence-electron chi connectivity index (χ1n) is 9.67. The molecule has 29 heavy (non-hydrogen) atoms. The number of hydrogen-bond acceptors (Lipinski definition) is 3. The van der Waals surface area contributed by atoms with Gasteiger partial charge in [0, 0.05) is 23.4 Å². The number of rotatable bonds is 5. The number of nitrogens with one attached hydrogen (secondary N) is 3. The summed E-state index contributed by atoms with van der Waals surface area (Å²) in [5.41, 5.74) is 3.24. The van der Waals surface area contributed by atoms with Crippen LogP contribution in [0.2, 0.25) is 0 Å². The molecule has 2 amide bonds. The van der Waals surface area contributed by atoms with E-state index in [0.717, 1.165) is 5.69 Å². The minimum atomic E-state index is -0.164. The van der Waals surface area contributed by atoms with Gasteiger partial charge in [-0.25, -0.2) is 0 Å². The van der Waals surface area contributed by atoms with Gasteiger partial charge in [0.2, 0.25) is 5.91 Å². The van der Waals surface area contributed by atoms with E-state index in [-0.39, 0.29) is 28.3 Å². The van der Waals surface area contributed by atoms with Crippen LogP contribution in [0.25, 0.3) is 0 Å². The van der Waals surface area contributed by atoms with Gasteiger partial charge in [-0.05, 0) is 65.5 Å². The van der Waals surface area contributed by atoms with Crippen LogP contribution in [-0.2, 0) is 10.2 Å². The Hall–Kier alpha value is -2.73. The van der Waals surface area contributed by atoms with E-state index >= 15 is 0 Å². The third-order valence-electron chi connectivity index (χ3n) is 4.26. The lowest BCUT2D eigenvalue weighted by atomic mass is 9.87. The normalized spacial score (nSPS) is 11.1. The van der Waals surface area contributed by atoms with E-state index in [1.165, 1.54) is 5.56 Å². The summed E-state index contributed by atoms with van der Waals surface area (Å²) in [4.78, 5) is 24.2. The van der Waals surface area contributed by atoms with E-state index in [9.17, 15) is 9.59 Å². The number of hydrogen-bond donors (Lipinski definition) is 3. The predicted molar refractivity (Wildman–Crippen MR) is 123 cm³/mol. The van der Waals surface area contributed by atoms with Crippen molar-refractivity contribution in [3.05, 3.63) is 59.7 Å². The van der Waals surface area contributed by atoms with Crippen LogP contribution < -0.4 is 16.0 Å². The highest BCUT2D eigenvalue weighted by Crippen LogP contribution is 2.22. The Labute approximate surface area is 178 Å². The van der Waals surface area contributed by atoms with Gasteiger partial charge in [-0.1, -0.05) is 46.8 Å². The zero-order valence-electron chi connectivity index (χ0n) is 17.6. The highest BCUT2D eigenvalue weighted by Gasteiger charge is 2.14. The number of carbonyl (C=O) groups excluding carboxylic acids is 2. The van der Waals surface area contributed by atoms with Gasteiger partial charge in [-0.2, -0.15) is 0 Å². The summed E-state index contributed by atoms with van der Waals surface area (Å²) >= 11 is 5.16. The molecule has 5 nitrogen and oxygen atoms in total. The van der Waals surface area contributed by atoms with E-state index in [0.29, 0.717) is 17.7 Å². The van der Waals surface area contributed by atoms with E-state index in [1.807, 2.05) is 38.1 Å². The van der Waals surface area contributed by atoms with E-state index < -0.39 is 0 Å². The molecule has 0 heterocycles. The van der Waals surface area contributed by atoms with Gasteiger partial charge in [0.15, 0.2) is 5.11 Å². The molecule has 0 unspecified atom stereocenters. The fourth-order valence-electron chi connectivity index (χ4n) is 2.67. The maximum Gasteiger partial charge on any atom is 0.255 e. The molecule has 0 aliphatic carbocycles. The maximum atomic E-state index is 12.5. The first-order valence-corrected chi connectivity index (χ1v) is 10.1. The molecule has 0 spiro atoms. The molecule has 0 radical (unpaired) electrons. The molecule has 3 N–H and O–H groups in total. The summed E-state index contributed by atoms with van der Waals surface area (Å²) in [5, 5.41) is 8.76. The molecule has 2 aromatic rings. The van der Waals surface area contributed by atoms with E-state index in [4.69, 9.17) is 12.2 Å². The highest BCUT2D eigenvalue weighted by atomic mass is 32.1. The molecule has 2 rings (SSSR count). The zero-order valence-corrected chi connectivity index (χ0v) is 18.4. The van der Waals surface area contributed by atoms with Gasteiger partial charge < -0.3 is 16.0 Å². The Morgan fingerprint density at radius 1 is 0.897 bits per heavy atom. The number of thiocarbonyl (C=S) groups is 1. The molecule has 154 valence electrons. The smallest absolute Gasteiger partial charge is 0.255 e. The number of anilines is 2. The summed E-state index contributed by atoms with van der Waals surface area (Å²) in [6.45, 7) is 10.4. The largest absolute Gasteiger partial charge is 0.332 e. The van der Waals surface area contributed by atoms with Crippen LogP contribution >= 0.6 is 12.2 Å².